The second-order valence-electron chi connectivity index (χ2n) is 6.23. The normalized spacial score (nSPS) is 18.3. The number of nitrogens with one attached hydrogen (secondary N) is 1. The van der Waals surface area contributed by atoms with E-state index >= 15 is 0 Å². The molecule has 3 heterocycles. The minimum absolute atomic E-state index is 0. The van der Waals surface area contributed by atoms with Gasteiger partial charge in [-0.3, -0.25) is 9.50 Å². The van der Waals surface area contributed by atoms with Crippen molar-refractivity contribution in [2.24, 2.45) is 0 Å². The third-order valence-corrected chi connectivity index (χ3v) is 4.45. The maximum Gasteiger partial charge on any atom is 0.280 e. The Hall–Kier alpha value is -3.16. The molecule has 0 unspecified atom stereocenters. The number of ether oxygens (including phenoxy) is 2. The summed E-state index contributed by atoms with van der Waals surface area (Å²) in [5.74, 6) is 2.15. The minimum Gasteiger partial charge on any atom is -0.478 e. The first-order valence-corrected chi connectivity index (χ1v) is 8.61. The van der Waals surface area contributed by atoms with Gasteiger partial charge in [-0.15, -0.1) is 0 Å². The smallest absolute Gasteiger partial charge is 0.280 e. The number of H-pyrrole nitrogens is 1. The van der Waals surface area contributed by atoms with Crippen LogP contribution in [-0.4, -0.2) is 27.8 Å². The van der Waals surface area contributed by atoms with E-state index in [0.29, 0.717) is 30.0 Å². The van der Waals surface area contributed by atoms with Crippen molar-refractivity contribution >= 4 is 0 Å². The highest BCUT2D eigenvalue weighted by Crippen LogP contribution is 2.39. The molecule has 0 radical (unpaired) electrons. The van der Waals surface area contributed by atoms with E-state index in [4.69, 9.17) is 14.0 Å². The lowest BCUT2D eigenvalue weighted by atomic mass is 9.78. The first-order chi connectivity index (χ1) is 12.7. The zero-order valence-electron chi connectivity index (χ0n) is 14.8. The van der Waals surface area contributed by atoms with Crippen LogP contribution in [0.25, 0.3) is 11.3 Å². The first kappa shape index (κ1) is 18.6. The third kappa shape index (κ3) is 4.16. The Labute approximate surface area is 154 Å². The SMILES string of the molecule is CCOc1cc(C2CC(Oc3ccc(-c4cc(=O)[nH]o4)cn3)C2)ccn1.F. The van der Waals surface area contributed by atoms with E-state index in [-0.39, 0.29) is 16.4 Å². The van der Waals surface area contributed by atoms with Gasteiger partial charge in [-0.05, 0) is 43.4 Å². The molecule has 8 heteroatoms. The van der Waals surface area contributed by atoms with E-state index < -0.39 is 0 Å². The van der Waals surface area contributed by atoms with Gasteiger partial charge in [0, 0.05) is 30.1 Å². The molecule has 27 heavy (non-hydrogen) atoms. The maximum atomic E-state index is 11.1. The summed E-state index contributed by atoms with van der Waals surface area (Å²) >= 11 is 0. The van der Waals surface area contributed by atoms with Crippen molar-refractivity contribution in [1.29, 1.82) is 0 Å². The molecule has 1 aliphatic rings. The summed E-state index contributed by atoms with van der Waals surface area (Å²) in [6.07, 6.45) is 5.44. The van der Waals surface area contributed by atoms with E-state index in [1.54, 1.807) is 18.5 Å². The zero-order valence-corrected chi connectivity index (χ0v) is 14.8. The van der Waals surface area contributed by atoms with E-state index in [9.17, 15) is 4.79 Å². The number of halogens is 1. The molecule has 3 aromatic rings. The minimum atomic E-state index is -0.274. The Kier molecular flexibility index (Phi) is 5.54. The van der Waals surface area contributed by atoms with Crippen LogP contribution in [0.2, 0.25) is 0 Å². The summed E-state index contributed by atoms with van der Waals surface area (Å²) in [5.41, 5.74) is 1.68. The van der Waals surface area contributed by atoms with Gasteiger partial charge >= 0.3 is 0 Å². The molecule has 142 valence electrons. The molecule has 0 aliphatic heterocycles. The second kappa shape index (κ2) is 8.03. The van der Waals surface area contributed by atoms with Gasteiger partial charge in [0.15, 0.2) is 5.76 Å². The van der Waals surface area contributed by atoms with Gasteiger partial charge in [-0.1, -0.05) is 0 Å². The fourth-order valence-corrected chi connectivity index (χ4v) is 3.03. The molecule has 1 fully saturated rings. The predicted molar refractivity (Wildman–Crippen MR) is 96.9 cm³/mol. The fraction of sp³-hybridized carbons (Fsp3) is 0.316. The lowest BCUT2D eigenvalue weighted by Crippen LogP contribution is -2.32. The highest BCUT2D eigenvalue weighted by atomic mass is 19.0. The van der Waals surface area contributed by atoms with Crippen molar-refractivity contribution in [2.75, 3.05) is 6.61 Å². The average molecular weight is 373 g/mol. The summed E-state index contributed by atoms with van der Waals surface area (Å²) in [7, 11) is 0. The molecule has 0 bridgehead atoms. The van der Waals surface area contributed by atoms with Crippen molar-refractivity contribution in [3.8, 4) is 23.1 Å². The largest absolute Gasteiger partial charge is 0.478 e. The van der Waals surface area contributed by atoms with Gasteiger partial charge in [0.2, 0.25) is 11.8 Å². The van der Waals surface area contributed by atoms with Gasteiger partial charge in [0.05, 0.1) is 12.7 Å². The Balaban J connectivity index is 0.00000210. The first-order valence-electron chi connectivity index (χ1n) is 8.61. The molecular weight excluding hydrogens is 353 g/mol. The average Bonchev–Trinajstić information content (AvgIpc) is 3.05. The number of hydrogen-bond acceptors (Lipinski definition) is 6. The lowest BCUT2D eigenvalue weighted by Gasteiger charge is -2.35. The monoisotopic (exact) mass is 373 g/mol. The summed E-state index contributed by atoms with van der Waals surface area (Å²) in [4.78, 5) is 19.6. The van der Waals surface area contributed by atoms with E-state index in [0.717, 1.165) is 18.4 Å². The van der Waals surface area contributed by atoms with Crippen LogP contribution in [-0.2, 0) is 0 Å². The van der Waals surface area contributed by atoms with Crippen LogP contribution in [0.4, 0.5) is 4.70 Å². The molecular formula is C19H20FN3O4. The van der Waals surface area contributed by atoms with Crippen molar-refractivity contribution in [1.82, 2.24) is 15.1 Å². The van der Waals surface area contributed by atoms with E-state index in [1.165, 1.54) is 11.6 Å². The lowest BCUT2D eigenvalue weighted by molar-refractivity contribution is 0.0934. The molecule has 0 atom stereocenters. The van der Waals surface area contributed by atoms with Crippen LogP contribution in [0, 0.1) is 0 Å². The summed E-state index contributed by atoms with van der Waals surface area (Å²) in [6, 6.07) is 9.03. The molecule has 0 saturated heterocycles. The van der Waals surface area contributed by atoms with E-state index in [2.05, 4.69) is 15.1 Å². The fourth-order valence-electron chi connectivity index (χ4n) is 3.03. The highest BCUT2D eigenvalue weighted by molar-refractivity contribution is 5.55. The number of aromatic nitrogens is 3. The summed E-state index contributed by atoms with van der Waals surface area (Å²) < 4.78 is 16.4. The molecule has 0 spiro atoms. The molecule has 3 aromatic heterocycles. The quantitative estimate of drug-likeness (QED) is 0.713. The molecule has 1 aliphatic carbocycles. The van der Waals surface area contributed by atoms with Crippen LogP contribution in [0.5, 0.6) is 11.8 Å². The summed E-state index contributed by atoms with van der Waals surface area (Å²) in [5, 5.41) is 2.26. The maximum absolute atomic E-state index is 11.1. The van der Waals surface area contributed by atoms with Crippen LogP contribution in [0.15, 0.2) is 52.0 Å². The number of aromatic amines is 1. The van der Waals surface area contributed by atoms with Gasteiger partial charge in [-0.2, -0.15) is 5.16 Å². The van der Waals surface area contributed by atoms with E-state index in [1.807, 2.05) is 25.1 Å². The van der Waals surface area contributed by atoms with Crippen LogP contribution < -0.4 is 15.0 Å². The van der Waals surface area contributed by atoms with Crippen molar-refractivity contribution < 1.29 is 18.7 Å². The molecule has 7 nitrogen and oxygen atoms in total. The Morgan fingerprint density at radius 2 is 2.04 bits per heavy atom. The molecule has 1 saturated carbocycles. The summed E-state index contributed by atoms with van der Waals surface area (Å²) in [6.45, 7) is 2.56. The van der Waals surface area contributed by atoms with Crippen LogP contribution in [0.3, 0.4) is 0 Å². The van der Waals surface area contributed by atoms with Gasteiger partial charge in [-0.25, -0.2) is 9.97 Å². The number of pyridine rings is 2. The Morgan fingerprint density at radius 1 is 1.19 bits per heavy atom. The topological polar surface area (TPSA) is 90.2 Å². The molecule has 4 rings (SSSR count). The van der Waals surface area contributed by atoms with Crippen molar-refractivity contribution in [3.63, 3.8) is 0 Å². The second-order valence-corrected chi connectivity index (χ2v) is 6.23. The van der Waals surface area contributed by atoms with Crippen molar-refractivity contribution in [3.05, 3.63) is 58.6 Å². The predicted octanol–water partition coefficient (Wildman–Crippen LogP) is 3.30. The van der Waals surface area contributed by atoms with Crippen molar-refractivity contribution in [2.45, 2.75) is 31.8 Å². The number of nitrogens with zero attached hydrogens (tertiary/aromatic N) is 2. The van der Waals surface area contributed by atoms with Crippen LogP contribution in [0.1, 0.15) is 31.2 Å². The molecule has 1 N–H and O–H groups in total. The van der Waals surface area contributed by atoms with Crippen LogP contribution >= 0.6 is 0 Å². The zero-order chi connectivity index (χ0) is 17.9. The highest BCUT2D eigenvalue weighted by Gasteiger charge is 2.32. The Bertz CT molecular complexity index is 932. The third-order valence-electron chi connectivity index (χ3n) is 4.45. The van der Waals surface area contributed by atoms with Gasteiger partial charge in [0.1, 0.15) is 6.10 Å². The molecule has 0 amide bonds. The number of hydrogen-bond donors (Lipinski definition) is 1. The Morgan fingerprint density at radius 3 is 2.70 bits per heavy atom. The van der Waals surface area contributed by atoms with Gasteiger partial charge < -0.3 is 14.0 Å². The molecule has 0 aromatic carbocycles. The standard InChI is InChI=1S/C19H19N3O4.FH/c1-2-24-19-9-12(5-6-20-19)14-7-15(8-14)25-18-4-3-13(11-21-18)16-10-17(23)22-26-16;/h3-6,9-11,14-15H,2,7-8H2,1H3,(H,22,23);1H. The number of rotatable bonds is 6. The van der Waals surface area contributed by atoms with Gasteiger partial charge in [0.25, 0.3) is 5.56 Å².